The van der Waals surface area contributed by atoms with E-state index in [0.717, 1.165) is 17.8 Å². The predicted octanol–water partition coefficient (Wildman–Crippen LogP) is 3.04. The molecule has 1 aliphatic carbocycles. The summed E-state index contributed by atoms with van der Waals surface area (Å²) in [6, 6.07) is 3.08. The fraction of sp³-hybridized carbons (Fsp3) is 0.294. The molecule has 0 amide bonds. The topological polar surface area (TPSA) is 32.9 Å². The third kappa shape index (κ3) is 1.94. The molecule has 3 aliphatic rings. The molecule has 0 N–H and O–H groups in total. The molecule has 0 bridgehead atoms. The highest BCUT2D eigenvalue weighted by Crippen LogP contribution is 2.49. The first-order chi connectivity index (χ1) is 11.2. The molecular weight excluding hydrogens is 298 g/mol. The van der Waals surface area contributed by atoms with E-state index in [1.165, 1.54) is 12.1 Å². The van der Waals surface area contributed by atoms with Crippen LogP contribution in [-0.2, 0) is 0 Å². The Bertz CT molecular complexity index is 895. The zero-order valence-corrected chi connectivity index (χ0v) is 12.2. The lowest BCUT2D eigenvalue weighted by molar-refractivity contribution is 0.329. The maximum absolute atomic E-state index is 13.8. The van der Waals surface area contributed by atoms with Crippen LogP contribution in [0.3, 0.4) is 0 Å². The molecule has 3 unspecified atom stereocenters. The Kier molecular flexibility index (Phi) is 2.54. The van der Waals surface area contributed by atoms with Crippen LogP contribution in [0.15, 0.2) is 53.7 Å². The van der Waals surface area contributed by atoms with Crippen LogP contribution in [0, 0.1) is 11.7 Å². The van der Waals surface area contributed by atoms with E-state index in [4.69, 9.17) is 0 Å². The van der Waals surface area contributed by atoms with Gasteiger partial charge < -0.3 is 9.30 Å². The first-order valence-electron chi connectivity index (χ1n) is 7.70. The molecule has 0 saturated heterocycles. The second kappa shape index (κ2) is 4.50. The zero-order valence-electron chi connectivity index (χ0n) is 12.2. The van der Waals surface area contributed by atoms with Gasteiger partial charge >= 0.3 is 0 Å². The van der Waals surface area contributed by atoms with E-state index in [2.05, 4.69) is 9.98 Å². The summed E-state index contributed by atoms with van der Waals surface area (Å²) in [5, 5.41) is 0. The standard InChI is InChI=1S/C17H14F2N4/c18-12-3-1-5-22-8-14(20-16(12)22)10-7-11(10)15-9-23-6-2-4-13(19)17(23)21-15/h1-6,8,10-11,17H,7,9H2. The minimum atomic E-state index is -0.491. The van der Waals surface area contributed by atoms with Crippen LogP contribution >= 0.6 is 0 Å². The van der Waals surface area contributed by atoms with Gasteiger partial charge in [-0.05, 0) is 30.7 Å². The Morgan fingerprint density at radius 2 is 2.13 bits per heavy atom. The van der Waals surface area contributed by atoms with E-state index in [0.29, 0.717) is 12.2 Å². The van der Waals surface area contributed by atoms with Gasteiger partial charge in [-0.2, -0.15) is 0 Å². The van der Waals surface area contributed by atoms with E-state index in [9.17, 15) is 8.78 Å². The summed E-state index contributed by atoms with van der Waals surface area (Å²) >= 11 is 0. The van der Waals surface area contributed by atoms with Gasteiger partial charge in [0, 0.05) is 36.1 Å². The van der Waals surface area contributed by atoms with Gasteiger partial charge in [-0.3, -0.25) is 4.99 Å². The lowest BCUT2D eigenvalue weighted by atomic mass is 10.2. The molecule has 3 atom stereocenters. The van der Waals surface area contributed by atoms with Crippen molar-refractivity contribution in [2.24, 2.45) is 10.9 Å². The van der Waals surface area contributed by atoms with E-state index < -0.39 is 6.17 Å². The van der Waals surface area contributed by atoms with Crippen LogP contribution in [0.4, 0.5) is 8.78 Å². The van der Waals surface area contributed by atoms with E-state index in [1.807, 2.05) is 17.3 Å². The van der Waals surface area contributed by atoms with Crippen molar-refractivity contribution in [3.63, 3.8) is 0 Å². The Morgan fingerprint density at radius 3 is 2.96 bits per heavy atom. The van der Waals surface area contributed by atoms with Gasteiger partial charge in [0.15, 0.2) is 17.6 Å². The molecule has 5 rings (SSSR count). The van der Waals surface area contributed by atoms with Crippen molar-refractivity contribution in [3.05, 3.63) is 60.2 Å². The Morgan fingerprint density at radius 1 is 1.22 bits per heavy atom. The SMILES string of the molecule is FC1=CC=CN2CC(C3CC3c3cn4cccc(F)c4n3)=NC12. The van der Waals surface area contributed by atoms with E-state index in [-0.39, 0.29) is 23.5 Å². The summed E-state index contributed by atoms with van der Waals surface area (Å²) in [6.45, 7) is 0.658. The zero-order chi connectivity index (χ0) is 15.6. The number of rotatable bonds is 2. The molecule has 2 aromatic heterocycles. The normalized spacial score (nSPS) is 28.8. The van der Waals surface area contributed by atoms with Gasteiger partial charge in [0.05, 0.1) is 12.2 Å². The van der Waals surface area contributed by atoms with Gasteiger partial charge in [-0.15, -0.1) is 0 Å². The molecule has 4 nitrogen and oxygen atoms in total. The van der Waals surface area contributed by atoms with Crippen LogP contribution in [0.25, 0.3) is 5.65 Å². The highest BCUT2D eigenvalue weighted by Gasteiger charge is 2.46. The minimum Gasteiger partial charge on any atom is -0.345 e. The first-order valence-corrected chi connectivity index (χ1v) is 7.70. The van der Waals surface area contributed by atoms with Crippen molar-refractivity contribution in [2.75, 3.05) is 6.54 Å². The van der Waals surface area contributed by atoms with Gasteiger partial charge in [0.25, 0.3) is 0 Å². The maximum Gasteiger partial charge on any atom is 0.173 e. The number of allylic oxidation sites excluding steroid dienone is 2. The molecule has 4 heterocycles. The minimum absolute atomic E-state index is 0.213. The highest BCUT2D eigenvalue weighted by atomic mass is 19.1. The third-order valence-electron chi connectivity index (χ3n) is 4.78. The monoisotopic (exact) mass is 312 g/mol. The van der Waals surface area contributed by atoms with Gasteiger partial charge in [0.1, 0.15) is 5.83 Å². The molecule has 0 spiro atoms. The van der Waals surface area contributed by atoms with Crippen molar-refractivity contribution in [1.82, 2.24) is 14.3 Å². The second-order valence-electron chi connectivity index (χ2n) is 6.26. The number of hydrogen-bond acceptors (Lipinski definition) is 3. The van der Waals surface area contributed by atoms with Crippen molar-refractivity contribution < 1.29 is 8.78 Å². The number of aliphatic imine (C=N–C) groups is 1. The average Bonchev–Trinajstić information content (AvgIpc) is 3.02. The van der Waals surface area contributed by atoms with E-state index >= 15 is 0 Å². The van der Waals surface area contributed by atoms with Gasteiger partial charge in [-0.1, -0.05) is 0 Å². The third-order valence-corrected chi connectivity index (χ3v) is 4.78. The Labute approximate surface area is 131 Å². The summed E-state index contributed by atoms with van der Waals surface area (Å²) in [6.07, 6.45) is 9.18. The number of imidazole rings is 1. The Hall–Kier alpha value is -2.50. The molecule has 0 radical (unpaired) electrons. The van der Waals surface area contributed by atoms with E-state index in [1.54, 1.807) is 22.7 Å². The second-order valence-corrected chi connectivity index (χ2v) is 6.26. The summed E-state index contributed by atoms with van der Waals surface area (Å²) in [4.78, 5) is 10.9. The van der Waals surface area contributed by atoms with Crippen molar-refractivity contribution in [1.29, 1.82) is 0 Å². The quantitative estimate of drug-likeness (QED) is 0.854. The number of fused-ring (bicyclic) bond motifs is 2. The largest absolute Gasteiger partial charge is 0.345 e. The van der Waals surface area contributed by atoms with Gasteiger partial charge in [-0.25, -0.2) is 13.8 Å². The predicted molar refractivity (Wildman–Crippen MR) is 82.3 cm³/mol. The number of aromatic nitrogens is 2. The van der Waals surface area contributed by atoms with Crippen LogP contribution in [0.1, 0.15) is 18.0 Å². The number of hydrogen-bond donors (Lipinski definition) is 0. The summed E-state index contributed by atoms with van der Waals surface area (Å²) in [5.74, 6) is 0.0123. The molecule has 1 saturated carbocycles. The number of pyridine rings is 1. The van der Waals surface area contributed by atoms with Crippen molar-refractivity contribution in [2.45, 2.75) is 18.5 Å². The highest BCUT2D eigenvalue weighted by molar-refractivity contribution is 5.93. The lowest BCUT2D eigenvalue weighted by Gasteiger charge is -2.21. The van der Waals surface area contributed by atoms with Crippen LogP contribution in [-0.4, -0.2) is 32.7 Å². The fourth-order valence-corrected chi connectivity index (χ4v) is 3.51. The van der Waals surface area contributed by atoms with Crippen molar-refractivity contribution in [3.8, 4) is 0 Å². The van der Waals surface area contributed by atoms with Crippen LogP contribution < -0.4 is 0 Å². The number of nitrogens with zero attached hydrogens (tertiary/aromatic N) is 4. The van der Waals surface area contributed by atoms with Crippen LogP contribution in [0.2, 0.25) is 0 Å². The lowest BCUT2D eigenvalue weighted by Crippen LogP contribution is -2.28. The number of halogens is 2. The summed E-state index contributed by atoms with van der Waals surface area (Å²) in [5.41, 5.74) is 2.27. The average molecular weight is 312 g/mol. The molecule has 2 aliphatic heterocycles. The Balaban J connectivity index is 1.41. The summed E-state index contributed by atoms with van der Waals surface area (Å²) < 4.78 is 29.3. The molecule has 116 valence electrons. The molecule has 6 heteroatoms. The van der Waals surface area contributed by atoms with Crippen molar-refractivity contribution >= 4 is 11.4 Å². The van der Waals surface area contributed by atoms with Gasteiger partial charge in [0.2, 0.25) is 0 Å². The smallest absolute Gasteiger partial charge is 0.173 e. The molecule has 23 heavy (non-hydrogen) atoms. The molecule has 1 fully saturated rings. The molecule has 0 aromatic carbocycles. The summed E-state index contributed by atoms with van der Waals surface area (Å²) in [7, 11) is 0. The maximum atomic E-state index is 13.8. The first kappa shape index (κ1) is 13.0. The van der Waals surface area contributed by atoms with Crippen LogP contribution in [0.5, 0.6) is 0 Å². The fourth-order valence-electron chi connectivity index (χ4n) is 3.51. The molecular formula is C17H14F2N4. The molecule has 2 aromatic rings.